The van der Waals surface area contributed by atoms with E-state index in [1.807, 2.05) is 0 Å². The van der Waals surface area contributed by atoms with Crippen LogP contribution >= 0.6 is 0 Å². The van der Waals surface area contributed by atoms with Crippen LogP contribution < -0.4 is 4.74 Å². The molecule has 5 heteroatoms. The fourth-order valence-corrected chi connectivity index (χ4v) is 3.45. The Morgan fingerprint density at radius 1 is 1.00 bits per heavy atom. The topological polar surface area (TPSA) is 69.7 Å². The van der Waals surface area contributed by atoms with Crippen molar-refractivity contribution in [1.82, 2.24) is 0 Å². The van der Waals surface area contributed by atoms with Crippen molar-refractivity contribution < 1.29 is 23.9 Å². The minimum Gasteiger partial charge on any atom is -0.490 e. The molecule has 0 radical (unpaired) electrons. The molecule has 4 rings (SSSR count). The number of Topliss-reactive ketones (excluding diaryl/α,β-unsaturated/α-hetero) is 2. The van der Waals surface area contributed by atoms with E-state index in [0.29, 0.717) is 17.9 Å². The molecule has 2 aromatic rings. The number of ketones is 2. The highest BCUT2D eigenvalue weighted by Gasteiger charge is 2.42. The predicted molar refractivity (Wildman–Crippen MR) is 97.7 cm³/mol. The van der Waals surface area contributed by atoms with Crippen molar-refractivity contribution in [3.05, 3.63) is 89.2 Å². The SMILES string of the molecule is C=CCOc1ccc(C2CC(=O)OC3=C2C(=O)c2ccccc2C3=O)cc1. The van der Waals surface area contributed by atoms with E-state index in [0.717, 1.165) is 5.56 Å². The second-order valence-corrected chi connectivity index (χ2v) is 6.35. The molecule has 0 N–H and O–H groups in total. The van der Waals surface area contributed by atoms with Gasteiger partial charge in [0.05, 0.1) is 12.0 Å². The summed E-state index contributed by atoms with van der Waals surface area (Å²) >= 11 is 0. The van der Waals surface area contributed by atoms with Crippen LogP contribution in [0.1, 0.15) is 38.6 Å². The Bertz CT molecular complexity index is 998. The first kappa shape index (κ1) is 17.0. The average Bonchev–Trinajstić information content (AvgIpc) is 2.70. The Morgan fingerprint density at radius 3 is 2.33 bits per heavy atom. The van der Waals surface area contributed by atoms with Gasteiger partial charge >= 0.3 is 5.97 Å². The van der Waals surface area contributed by atoms with Gasteiger partial charge < -0.3 is 9.47 Å². The molecule has 134 valence electrons. The van der Waals surface area contributed by atoms with Crippen molar-refractivity contribution in [1.29, 1.82) is 0 Å². The number of rotatable bonds is 4. The number of esters is 1. The minimum atomic E-state index is -0.528. The molecule has 0 aromatic heterocycles. The van der Waals surface area contributed by atoms with Gasteiger partial charge in [0.2, 0.25) is 5.78 Å². The highest BCUT2D eigenvalue weighted by Crippen LogP contribution is 2.41. The molecule has 1 unspecified atom stereocenters. The zero-order valence-electron chi connectivity index (χ0n) is 14.4. The summed E-state index contributed by atoms with van der Waals surface area (Å²) in [5, 5.41) is 0. The van der Waals surface area contributed by atoms with Crippen LogP contribution in [-0.4, -0.2) is 24.1 Å². The molecule has 1 heterocycles. The third-order valence-electron chi connectivity index (χ3n) is 4.70. The van der Waals surface area contributed by atoms with Crippen molar-refractivity contribution in [3.8, 4) is 5.75 Å². The van der Waals surface area contributed by atoms with Crippen molar-refractivity contribution in [2.24, 2.45) is 0 Å². The van der Waals surface area contributed by atoms with Crippen LogP contribution in [0.3, 0.4) is 0 Å². The van der Waals surface area contributed by atoms with E-state index in [1.165, 1.54) is 0 Å². The zero-order valence-corrected chi connectivity index (χ0v) is 14.4. The molecule has 0 amide bonds. The molecule has 5 nitrogen and oxygen atoms in total. The first-order valence-corrected chi connectivity index (χ1v) is 8.57. The van der Waals surface area contributed by atoms with Gasteiger partial charge in [0.25, 0.3) is 0 Å². The Hall–Kier alpha value is -3.47. The smallest absolute Gasteiger partial charge is 0.312 e. The molecule has 0 bridgehead atoms. The van der Waals surface area contributed by atoms with Gasteiger partial charge in [-0.15, -0.1) is 0 Å². The highest BCUT2D eigenvalue weighted by molar-refractivity contribution is 6.27. The molecular weight excluding hydrogens is 344 g/mol. The standard InChI is InChI=1S/C22H16O5/c1-2-11-26-14-9-7-13(8-10-14)17-12-18(23)27-22-19(17)20(24)15-5-3-4-6-16(15)21(22)25/h2-10,17H,1,11-12H2. The van der Waals surface area contributed by atoms with Crippen LogP contribution in [0.5, 0.6) is 5.75 Å². The molecule has 0 spiro atoms. The van der Waals surface area contributed by atoms with Gasteiger partial charge in [0.15, 0.2) is 11.5 Å². The lowest BCUT2D eigenvalue weighted by molar-refractivity contribution is -0.140. The Balaban J connectivity index is 1.77. The molecule has 1 atom stereocenters. The van der Waals surface area contributed by atoms with Crippen LogP contribution in [0.4, 0.5) is 0 Å². The van der Waals surface area contributed by atoms with E-state index in [4.69, 9.17) is 9.47 Å². The first-order chi connectivity index (χ1) is 13.1. The molecule has 0 saturated heterocycles. The average molecular weight is 360 g/mol. The minimum absolute atomic E-state index is 0.00683. The summed E-state index contributed by atoms with van der Waals surface area (Å²) in [7, 11) is 0. The maximum atomic E-state index is 13.1. The summed E-state index contributed by atoms with van der Waals surface area (Å²) in [6.45, 7) is 3.99. The van der Waals surface area contributed by atoms with Crippen LogP contribution in [0, 0.1) is 0 Å². The summed E-state index contributed by atoms with van der Waals surface area (Å²) in [6.07, 6.45) is 1.65. The number of benzene rings is 2. The number of carbonyl (C=O) groups is 3. The van der Waals surface area contributed by atoms with E-state index in [2.05, 4.69) is 6.58 Å². The first-order valence-electron chi connectivity index (χ1n) is 8.57. The van der Waals surface area contributed by atoms with Gasteiger partial charge in [-0.3, -0.25) is 14.4 Å². The van der Waals surface area contributed by atoms with E-state index < -0.39 is 17.7 Å². The quantitative estimate of drug-likeness (QED) is 0.615. The Labute approximate surface area is 155 Å². The normalized spacial score (nSPS) is 18.5. The Kier molecular flexibility index (Phi) is 4.20. The van der Waals surface area contributed by atoms with E-state index in [-0.39, 0.29) is 29.1 Å². The summed E-state index contributed by atoms with van der Waals surface area (Å²) in [4.78, 5) is 38.0. The van der Waals surface area contributed by atoms with Crippen LogP contribution in [0.15, 0.2) is 72.5 Å². The lowest BCUT2D eigenvalue weighted by Gasteiger charge is -2.30. The predicted octanol–water partition coefficient (Wildman–Crippen LogP) is 3.62. The molecule has 1 aliphatic carbocycles. The summed E-state index contributed by atoms with van der Waals surface area (Å²) in [5.41, 5.74) is 1.61. The summed E-state index contributed by atoms with van der Waals surface area (Å²) < 4.78 is 10.7. The van der Waals surface area contributed by atoms with Gasteiger partial charge in [-0.05, 0) is 17.7 Å². The van der Waals surface area contributed by atoms with Crippen LogP contribution in [-0.2, 0) is 9.53 Å². The maximum Gasteiger partial charge on any atom is 0.312 e. The summed E-state index contributed by atoms with van der Waals surface area (Å²) in [5.74, 6) is -1.24. The molecule has 0 saturated carbocycles. The molecule has 1 aliphatic heterocycles. The molecule has 27 heavy (non-hydrogen) atoms. The lowest BCUT2D eigenvalue weighted by atomic mass is 9.77. The van der Waals surface area contributed by atoms with E-state index in [1.54, 1.807) is 54.6 Å². The van der Waals surface area contributed by atoms with E-state index in [9.17, 15) is 14.4 Å². The number of hydrogen-bond acceptors (Lipinski definition) is 5. The van der Waals surface area contributed by atoms with Crippen molar-refractivity contribution >= 4 is 17.5 Å². The number of ether oxygens (including phenoxy) is 2. The number of hydrogen-bond donors (Lipinski definition) is 0. The third kappa shape index (κ3) is 2.87. The monoisotopic (exact) mass is 360 g/mol. The molecule has 2 aromatic carbocycles. The molecule has 2 aliphatic rings. The highest BCUT2D eigenvalue weighted by atomic mass is 16.5. The maximum absolute atomic E-state index is 13.1. The van der Waals surface area contributed by atoms with E-state index >= 15 is 0 Å². The van der Waals surface area contributed by atoms with Crippen molar-refractivity contribution in [3.63, 3.8) is 0 Å². The molecular formula is C22H16O5. The number of allylic oxidation sites excluding steroid dienone is 2. The largest absolute Gasteiger partial charge is 0.490 e. The van der Waals surface area contributed by atoms with Gasteiger partial charge in [-0.2, -0.15) is 0 Å². The fraction of sp³-hybridized carbons (Fsp3) is 0.136. The third-order valence-corrected chi connectivity index (χ3v) is 4.70. The fourth-order valence-electron chi connectivity index (χ4n) is 3.45. The van der Waals surface area contributed by atoms with Gasteiger partial charge in [0, 0.05) is 17.0 Å². The lowest BCUT2D eigenvalue weighted by Crippen LogP contribution is -2.32. The number of carbonyl (C=O) groups excluding carboxylic acids is 3. The van der Waals surface area contributed by atoms with Gasteiger partial charge in [-0.1, -0.05) is 49.1 Å². The Morgan fingerprint density at radius 2 is 1.67 bits per heavy atom. The second kappa shape index (κ2) is 6.68. The number of fused-ring (bicyclic) bond motifs is 1. The van der Waals surface area contributed by atoms with Crippen LogP contribution in [0.2, 0.25) is 0 Å². The van der Waals surface area contributed by atoms with Crippen molar-refractivity contribution in [2.45, 2.75) is 12.3 Å². The van der Waals surface area contributed by atoms with Crippen LogP contribution in [0.25, 0.3) is 0 Å². The summed E-state index contributed by atoms with van der Waals surface area (Å²) in [6, 6.07) is 13.7. The van der Waals surface area contributed by atoms with Gasteiger partial charge in [-0.25, -0.2) is 0 Å². The molecule has 0 fully saturated rings. The zero-order chi connectivity index (χ0) is 19.0. The van der Waals surface area contributed by atoms with Gasteiger partial charge in [0.1, 0.15) is 12.4 Å². The second-order valence-electron chi connectivity index (χ2n) is 6.35. The van der Waals surface area contributed by atoms with Crippen molar-refractivity contribution in [2.75, 3.05) is 6.61 Å².